The number of hydrogen-bond donors (Lipinski definition) is 1. The number of benzene rings is 2. The molecule has 1 heterocycles. The lowest BCUT2D eigenvalue weighted by Gasteiger charge is -2.19. The van der Waals surface area contributed by atoms with E-state index >= 15 is 0 Å². The maximum atomic E-state index is 6.18. The van der Waals surface area contributed by atoms with Crippen molar-refractivity contribution in [3.8, 4) is 5.75 Å². The molecule has 0 bridgehead atoms. The summed E-state index contributed by atoms with van der Waals surface area (Å²) in [4.78, 5) is 0. The summed E-state index contributed by atoms with van der Waals surface area (Å²) in [5, 5.41) is 2.31. The Morgan fingerprint density at radius 2 is 2.11 bits per heavy atom. The monoisotopic (exact) mass is 257 g/mol. The summed E-state index contributed by atoms with van der Waals surface area (Å²) >= 11 is 0. The molecule has 3 rings (SSSR count). The number of fused-ring (bicyclic) bond motifs is 1. The van der Waals surface area contributed by atoms with Crippen LogP contribution in [0.25, 0.3) is 10.8 Å². The van der Waals surface area contributed by atoms with Gasteiger partial charge >= 0.3 is 0 Å². The van der Waals surface area contributed by atoms with Crippen LogP contribution in [-0.4, -0.2) is 19.3 Å². The van der Waals surface area contributed by atoms with Crippen molar-refractivity contribution in [3.05, 3.63) is 42.0 Å². The Labute approximate surface area is 113 Å². The van der Waals surface area contributed by atoms with Crippen LogP contribution in [0.3, 0.4) is 0 Å². The number of ether oxygens (including phenoxy) is 2. The van der Waals surface area contributed by atoms with Gasteiger partial charge in [0.1, 0.15) is 11.9 Å². The zero-order chi connectivity index (χ0) is 13.2. The van der Waals surface area contributed by atoms with Crippen molar-refractivity contribution >= 4 is 10.8 Å². The smallest absolute Gasteiger partial charge is 0.132 e. The lowest BCUT2D eigenvalue weighted by Crippen LogP contribution is -2.18. The largest absolute Gasteiger partial charge is 0.487 e. The second kappa shape index (κ2) is 5.19. The third-order valence-corrected chi connectivity index (χ3v) is 3.57. The van der Waals surface area contributed by atoms with Crippen molar-refractivity contribution in [3.63, 3.8) is 0 Å². The average Bonchev–Trinajstić information content (AvgIpc) is 2.92. The molecule has 0 spiro atoms. The molecule has 2 aromatic carbocycles. The normalized spacial score (nSPS) is 20.6. The Balaban J connectivity index is 2.08. The van der Waals surface area contributed by atoms with Gasteiger partial charge in [-0.05, 0) is 12.3 Å². The highest BCUT2D eigenvalue weighted by Crippen LogP contribution is 2.34. The van der Waals surface area contributed by atoms with Gasteiger partial charge in [0, 0.05) is 23.4 Å². The summed E-state index contributed by atoms with van der Waals surface area (Å²) < 4.78 is 11.6. The molecule has 1 aliphatic heterocycles. The Morgan fingerprint density at radius 3 is 2.84 bits per heavy atom. The van der Waals surface area contributed by atoms with Gasteiger partial charge in [0.15, 0.2) is 0 Å². The standard InChI is InChI=1S/C16H19NO2/c1-11(17)14-7-6-12-4-2-3-5-15(12)16(14)19-13-8-9-18-10-13/h2-7,11,13H,8-10,17H2,1H3/t11-,13?/m0/s1. The van der Waals surface area contributed by atoms with Crippen LogP contribution in [0.15, 0.2) is 36.4 Å². The van der Waals surface area contributed by atoms with E-state index in [1.807, 2.05) is 19.1 Å². The van der Waals surface area contributed by atoms with Gasteiger partial charge in [-0.3, -0.25) is 0 Å². The SMILES string of the molecule is C[C@H](N)c1ccc2ccccc2c1OC1CCOC1. The molecule has 1 saturated heterocycles. The van der Waals surface area contributed by atoms with E-state index in [1.54, 1.807) is 0 Å². The van der Waals surface area contributed by atoms with E-state index in [9.17, 15) is 0 Å². The van der Waals surface area contributed by atoms with Crippen LogP contribution in [0.4, 0.5) is 0 Å². The van der Waals surface area contributed by atoms with Gasteiger partial charge in [0.25, 0.3) is 0 Å². The third kappa shape index (κ3) is 2.44. The molecule has 2 atom stereocenters. The van der Waals surface area contributed by atoms with Crippen LogP contribution in [0.1, 0.15) is 24.9 Å². The van der Waals surface area contributed by atoms with Gasteiger partial charge in [0.05, 0.1) is 13.2 Å². The molecule has 0 saturated carbocycles. The molecule has 0 aliphatic carbocycles. The topological polar surface area (TPSA) is 44.5 Å². The molecule has 1 aliphatic rings. The van der Waals surface area contributed by atoms with Gasteiger partial charge < -0.3 is 15.2 Å². The van der Waals surface area contributed by atoms with Crippen molar-refractivity contribution in [2.24, 2.45) is 5.73 Å². The molecule has 19 heavy (non-hydrogen) atoms. The second-order valence-corrected chi connectivity index (χ2v) is 5.10. The summed E-state index contributed by atoms with van der Waals surface area (Å²) in [5.74, 6) is 0.920. The summed E-state index contributed by atoms with van der Waals surface area (Å²) in [6, 6.07) is 12.4. The lowest BCUT2D eigenvalue weighted by molar-refractivity contribution is 0.141. The lowest BCUT2D eigenvalue weighted by atomic mass is 10.0. The summed E-state index contributed by atoms with van der Waals surface area (Å²) in [6.07, 6.45) is 1.09. The van der Waals surface area contributed by atoms with E-state index in [0.29, 0.717) is 6.61 Å². The molecule has 0 radical (unpaired) electrons. The zero-order valence-corrected chi connectivity index (χ0v) is 11.1. The molecule has 1 unspecified atom stereocenters. The third-order valence-electron chi connectivity index (χ3n) is 3.57. The van der Waals surface area contributed by atoms with Gasteiger partial charge in [0.2, 0.25) is 0 Å². The molecular weight excluding hydrogens is 238 g/mol. The van der Waals surface area contributed by atoms with Crippen molar-refractivity contribution in [2.45, 2.75) is 25.5 Å². The maximum absolute atomic E-state index is 6.18. The maximum Gasteiger partial charge on any atom is 0.132 e. The highest BCUT2D eigenvalue weighted by molar-refractivity contribution is 5.89. The first-order valence-electron chi connectivity index (χ1n) is 6.77. The second-order valence-electron chi connectivity index (χ2n) is 5.10. The minimum absolute atomic E-state index is 0.0399. The molecule has 3 nitrogen and oxygen atoms in total. The first-order valence-corrected chi connectivity index (χ1v) is 6.77. The van der Waals surface area contributed by atoms with Crippen molar-refractivity contribution in [1.82, 2.24) is 0 Å². The van der Waals surface area contributed by atoms with E-state index in [-0.39, 0.29) is 12.1 Å². The Morgan fingerprint density at radius 1 is 1.26 bits per heavy atom. The minimum Gasteiger partial charge on any atom is -0.487 e. The van der Waals surface area contributed by atoms with E-state index in [1.165, 1.54) is 5.39 Å². The van der Waals surface area contributed by atoms with Crippen LogP contribution in [0, 0.1) is 0 Å². The van der Waals surface area contributed by atoms with Gasteiger partial charge in [-0.1, -0.05) is 36.4 Å². The van der Waals surface area contributed by atoms with Crippen LogP contribution < -0.4 is 10.5 Å². The fraction of sp³-hybridized carbons (Fsp3) is 0.375. The van der Waals surface area contributed by atoms with E-state index in [0.717, 1.165) is 29.7 Å². The zero-order valence-electron chi connectivity index (χ0n) is 11.1. The Kier molecular flexibility index (Phi) is 3.40. The Bertz CT molecular complexity index is 574. The van der Waals surface area contributed by atoms with Gasteiger partial charge in [-0.25, -0.2) is 0 Å². The predicted molar refractivity (Wildman–Crippen MR) is 76.4 cm³/mol. The highest BCUT2D eigenvalue weighted by atomic mass is 16.5. The minimum atomic E-state index is -0.0399. The molecular formula is C16H19NO2. The molecule has 2 N–H and O–H groups in total. The van der Waals surface area contributed by atoms with Crippen molar-refractivity contribution in [1.29, 1.82) is 0 Å². The van der Waals surface area contributed by atoms with Crippen LogP contribution in [-0.2, 0) is 4.74 Å². The van der Waals surface area contributed by atoms with Crippen LogP contribution >= 0.6 is 0 Å². The molecule has 0 aromatic heterocycles. The summed E-state index contributed by atoms with van der Waals surface area (Å²) in [7, 11) is 0. The first kappa shape index (κ1) is 12.5. The molecule has 0 amide bonds. The van der Waals surface area contributed by atoms with Gasteiger partial charge in [-0.2, -0.15) is 0 Å². The van der Waals surface area contributed by atoms with E-state index in [4.69, 9.17) is 15.2 Å². The average molecular weight is 257 g/mol. The number of hydrogen-bond acceptors (Lipinski definition) is 3. The molecule has 1 fully saturated rings. The quantitative estimate of drug-likeness (QED) is 0.919. The Hall–Kier alpha value is -1.58. The van der Waals surface area contributed by atoms with Crippen molar-refractivity contribution < 1.29 is 9.47 Å². The van der Waals surface area contributed by atoms with Crippen LogP contribution in [0.2, 0.25) is 0 Å². The van der Waals surface area contributed by atoms with E-state index in [2.05, 4.69) is 24.3 Å². The predicted octanol–water partition coefficient (Wildman–Crippen LogP) is 3.03. The summed E-state index contributed by atoms with van der Waals surface area (Å²) in [5.41, 5.74) is 7.13. The molecule has 2 aromatic rings. The first-order chi connectivity index (χ1) is 9.25. The molecule has 100 valence electrons. The van der Waals surface area contributed by atoms with Gasteiger partial charge in [-0.15, -0.1) is 0 Å². The van der Waals surface area contributed by atoms with Crippen LogP contribution in [0.5, 0.6) is 5.75 Å². The highest BCUT2D eigenvalue weighted by Gasteiger charge is 2.21. The molecule has 3 heteroatoms. The summed E-state index contributed by atoms with van der Waals surface area (Å²) in [6.45, 7) is 3.44. The number of nitrogens with two attached hydrogens (primary N) is 1. The van der Waals surface area contributed by atoms with E-state index < -0.39 is 0 Å². The fourth-order valence-electron chi connectivity index (χ4n) is 2.52. The number of rotatable bonds is 3. The van der Waals surface area contributed by atoms with Crippen molar-refractivity contribution in [2.75, 3.05) is 13.2 Å². The fourth-order valence-corrected chi connectivity index (χ4v) is 2.52.